The highest BCUT2D eigenvalue weighted by atomic mass is 32.1. The van der Waals surface area contributed by atoms with Crippen LogP contribution >= 0.6 is 11.3 Å². The molecular formula is C11H12N2O2S. The van der Waals surface area contributed by atoms with Crippen LogP contribution in [0.15, 0.2) is 29.0 Å². The Bertz CT molecular complexity index is 462. The van der Waals surface area contributed by atoms with Crippen molar-refractivity contribution in [2.75, 3.05) is 0 Å². The van der Waals surface area contributed by atoms with Crippen LogP contribution in [0.2, 0.25) is 0 Å². The van der Waals surface area contributed by atoms with E-state index in [9.17, 15) is 4.79 Å². The lowest BCUT2D eigenvalue weighted by atomic mass is 10.4. The summed E-state index contributed by atoms with van der Waals surface area (Å²) in [7, 11) is 0. The van der Waals surface area contributed by atoms with Crippen LogP contribution in [0.25, 0.3) is 0 Å². The summed E-state index contributed by atoms with van der Waals surface area (Å²) >= 11 is 1.42. The van der Waals surface area contributed by atoms with Crippen LogP contribution < -0.4 is 5.32 Å². The Kier molecular flexibility index (Phi) is 3.36. The van der Waals surface area contributed by atoms with E-state index in [1.54, 1.807) is 18.5 Å². The third kappa shape index (κ3) is 2.49. The molecule has 2 aromatic rings. The molecule has 0 spiro atoms. The zero-order chi connectivity index (χ0) is 11.4. The first kappa shape index (κ1) is 10.9. The molecule has 0 fully saturated rings. The molecule has 4 nitrogen and oxygen atoms in total. The fraction of sp³-hybridized carbons (Fsp3) is 0.273. The van der Waals surface area contributed by atoms with E-state index in [1.807, 2.05) is 13.0 Å². The number of hydrogen-bond donors (Lipinski definition) is 1. The number of carbonyl (C=O) groups excluding carboxylic acids is 1. The van der Waals surface area contributed by atoms with Gasteiger partial charge < -0.3 is 9.73 Å². The van der Waals surface area contributed by atoms with Crippen molar-refractivity contribution < 1.29 is 9.21 Å². The molecule has 84 valence electrons. The van der Waals surface area contributed by atoms with E-state index >= 15 is 0 Å². The molecule has 0 radical (unpaired) electrons. The minimum atomic E-state index is -0.152. The van der Waals surface area contributed by atoms with Crippen LogP contribution in [0.1, 0.15) is 27.4 Å². The van der Waals surface area contributed by atoms with Gasteiger partial charge in [0.05, 0.1) is 12.8 Å². The Morgan fingerprint density at radius 2 is 2.50 bits per heavy atom. The Morgan fingerprint density at radius 3 is 3.12 bits per heavy atom. The molecule has 0 atom stereocenters. The van der Waals surface area contributed by atoms with Crippen molar-refractivity contribution in [1.29, 1.82) is 0 Å². The molecule has 16 heavy (non-hydrogen) atoms. The number of aryl methyl sites for hydroxylation is 1. The minimum absolute atomic E-state index is 0.152. The number of rotatable bonds is 4. The van der Waals surface area contributed by atoms with Crippen LogP contribution in [0, 0.1) is 0 Å². The van der Waals surface area contributed by atoms with Crippen LogP contribution in [-0.4, -0.2) is 10.9 Å². The van der Waals surface area contributed by atoms with Gasteiger partial charge in [0.1, 0.15) is 5.76 Å². The highest BCUT2D eigenvalue weighted by Gasteiger charge is 2.10. The quantitative estimate of drug-likeness (QED) is 0.885. The number of thiazole rings is 1. The molecular weight excluding hydrogens is 224 g/mol. The first-order valence-corrected chi connectivity index (χ1v) is 5.86. The Hall–Kier alpha value is -1.62. The highest BCUT2D eigenvalue weighted by Crippen LogP contribution is 2.13. The van der Waals surface area contributed by atoms with Gasteiger partial charge in [-0.2, -0.15) is 0 Å². The second-order valence-electron chi connectivity index (χ2n) is 3.25. The van der Waals surface area contributed by atoms with Gasteiger partial charge in [-0.15, -0.1) is 11.3 Å². The second-order valence-corrected chi connectivity index (χ2v) is 4.36. The summed E-state index contributed by atoms with van der Waals surface area (Å²) < 4.78 is 5.11. The molecule has 0 aliphatic rings. The molecule has 2 rings (SSSR count). The van der Waals surface area contributed by atoms with Gasteiger partial charge in [-0.1, -0.05) is 6.92 Å². The van der Waals surface area contributed by atoms with Gasteiger partial charge in [0.25, 0.3) is 5.91 Å². The van der Waals surface area contributed by atoms with Crippen LogP contribution in [0.3, 0.4) is 0 Å². The predicted molar refractivity (Wildman–Crippen MR) is 61.4 cm³/mol. The number of amides is 1. The summed E-state index contributed by atoms with van der Waals surface area (Å²) in [6.07, 6.45) is 4.23. The zero-order valence-electron chi connectivity index (χ0n) is 8.90. The summed E-state index contributed by atoms with van der Waals surface area (Å²) in [5, 5.41) is 3.26. The monoisotopic (exact) mass is 236 g/mol. The van der Waals surface area contributed by atoms with Crippen LogP contribution in [0.5, 0.6) is 0 Å². The molecule has 0 saturated heterocycles. The molecule has 0 saturated carbocycles. The summed E-state index contributed by atoms with van der Waals surface area (Å²) in [6, 6.07) is 3.61. The van der Waals surface area contributed by atoms with Crippen molar-refractivity contribution in [1.82, 2.24) is 10.3 Å². The number of carbonyl (C=O) groups is 1. The maximum absolute atomic E-state index is 11.7. The second kappa shape index (κ2) is 4.94. The average molecular weight is 236 g/mol. The van der Waals surface area contributed by atoms with Crippen LogP contribution in [-0.2, 0) is 13.0 Å². The predicted octanol–water partition coefficient (Wildman–Crippen LogP) is 2.23. The van der Waals surface area contributed by atoms with Gasteiger partial charge in [0.15, 0.2) is 5.01 Å². The van der Waals surface area contributed by atoms with Gasteiger partial charge >= 0.3 is 0 Å². The van der Waals surface area contributed by atoms with Crippen molar-refractivity contribution in [3.05, 3.63) is 40.2 Å². The summed E-state index contributed by atoms with van der Waals surface area (Å²) in [5.41, 5.74) is 0. The molecule has 0 bridgehead atoms. The molecule has 1 amide bonds. The van der Waals surface area contributed by atoms with Crippen molar-refractivity contribution in [3.63, 3.8) is 0 Å². The fourth-order valence-electron chi connectivity index (χ4n) is 1.23. The standard InChI is InChI=1S/C11H12N2O2S/c1-2-9-7-13-11(16-9)10(14)12-6-8-4-3-5-15-8/h3-5,7H,2,6H2,1H3,(H,12,14). The number of hydrogen-bond acceptors (Lipinski definition) is 4. The maximum atomic E-state index is 11.7. The summed E-state index contributed by atoms with van der Waals surface area (Å²) in [6.45, 7) is 2.44. The maximum Gasteiger partial charge on any atom is 0.280 e. The van der Waals surface area contributed by atoms with E-state index in [4.69, 9.17) is 4.42 Å². The normalized spacial score (nSPS) is 10.3. The summed E-state index contributed by atoms with van der Waals surface area (Å²) in [4.78, 5) is 16.8. The topological polar surface area (TPSA) is 55.1 Å². The smallest absolute Gasteiger partial charge is 0.280 e. The van der Waals surface area contributed by atoms with E-state index in [0.717, 1.165) is 17.1 Å². The third-order valence-electron chi connectivity index (χ3n) is 2.10. The largest absolute Gasteiger partial charge is 0.467 e. The van der Waals surface area contributed by atoms with Crippen molar-refractivity contribution in [2.24, 2.45) is 0 Å². The van der Waals surface area contributed by atoms with E-state index < -0.39 is 0 Å². The molecule has 1 N–H and O–H groups in total. The molecule has 2 heterocycles. The zero-order valence-corrected chi connectivity index (χ0v) is 9.71. The van der Waals surface area contributed by atoms with Crippen LogP contribution in [0.4, 0.5) is 0 Å². The first-order chi connectivity index (χ1) is 7.79. The Balaban J connectivity index is 1.93. The first-order valence-electron chi connectivity index (χ1n) is 5.05. The van der Waals surface area contributed by atoms with Gasteiger partial charge in [-0.3, -0.25) is 4.79 Å². The van der Waals surface area contributed by atoms with Crippen molar-refractivity contribution in [2.45, 2.75) is 19.9 Å². The van der Waals surface area contributed by atoms with Crippen molar-refractivity contribution in [3.8, 4) is 0 Å². The molecule has 5 heteroatoms. The van der Waals surface area contributed by atoms with E-state index in [1.165, 1.54) is 11.3 Å². The van der Waals surface area contributed by atoms with E-state index in [2.05, 4.69) is 10.3 Å². The molecule has 0 aliphatic heterocycles. The lowest BCUT2D eigenvalue weighted by molar-refractivity contribution is 0.0947. The molecule has 0 aliphatic carbocycles. The lowest BCUT2D eigenvalue weighted by Crippen LogP contribution is -2.22. The molecule has 2 aromatic heterocycles. The lowest BCUT2D eigenvalue weighted by Gasteiger charge is -1.99. The Morgan fingerprint density at radius 1 is 1.62 bits per heavy atom. The number of nitrogens with zero attached hydrogens (tertiary/aromatic N) is 1. The summed E-state index contributed by atoms with van der Waals surface area (Å²) in [5.74, 6) is 0.585. The fourth-order valence-corrected chi connectivity index (χ4v) is 2.00. The minimum Gasteiger partial charge on any atom is -0.467 e. The third-order valence-corrected chi connectivity index (χ3v) is 3.24. The van der Waals surface area contributed by atoms with Gasteiger partial charge in [-0.25, -0.2) is 4.98 Å². The molecule has 0 unspecified atom stereocenters. The van der Waals surface area contributed by atoms with Gasteiger partial charge in [0, 0.05) is 11.1 Å². The Labute approximate surface area is 97.3 Å². The SMILES string of the molecule is CCc1cnc(C(=O)NCc2ccco2)s1. The van der Waals surface area contributed by atoms with Gasteiger partial charge in [0.2, 0.25) is 0 Å². The highest BCUT2D eigenvalue weighted by molar-refractivity contribution is 7.13. The van der Waals surface area contributed by atoms with E-state index in [-0.39, 0.29) is 5.91 Å². The number of nitrogens with one attached hydrogen (secondary N) is 1. The van der Waals surface area contributed by atoms with E-state index in [0.29, 0.717) is 11.6 Å². The number of furan rings is 1. The van der Waals surface area contributed by atoms with Gasteiger partial charge in [-0.05, 0) is 18.6 Å². The average Bonchev–Trinajstić information content (AvgIpc) is 2.96. The number of aromatic nitrogens is 1. The van der Waals surface area contributed by atoms with Crippen molar-refractivity contribution >= 4 is 17.2 Å². The molecule has 0 aromatic carbocycles.